The molecule has 1 atom stereocenters. The number of rotatable bonds is 1. The van der Waals surface area contributed by atoms with Crippen LogP contribution >= 0.6 is 0 Å². The normalized spacial score (nSPS) is 24.6. The molecule has 1 N–H and O–H groups in total. The topological polar surface area (TPSA) is 76.1 Å². The molecule has 0 aromatic rings. The molecule has 6 heteroatoms. The van der Waals surface area contributed by atoms with Crippen LogP contribution in [0.3, 0.4) is 0 Å². The Hall–Kier alpha value is -1.30. The number of nitrogens with zero attached hydrogens (tertiary/aromatic N) is 1. The Morgan fingerprint density at radius 3 is 2.41 bits per heavy atom. The fourth-order valence-corrected chi connectivity index (χ4v) is 1.74. The van der Waals surface area contributed by atoms with Gasteiger partial charge in [0, 0.05) is 13.0 Å². The second-order valence-corrected chi connectivity index (χ2v) is 5.04. The summed E-state index contributed by atoms with van der Waals surface area (Å²) in [6.45, 7) is 5.44. The molecule has 0 radical (unpaired) electrons. The van der Waals surface area contributed by atoms with Crippen LogP contribution < -0.4 is 0 Å². The van der Waals surface area contributed by atoms with Gasteiger partial charge in [0.25, 0.3) is 0 Å². The van der Waals surface area contributed by atoms with Gasteiger partial charge in [-0.1, -0.05) is 0 Å². The standard InChI is InChI=1S/C11H19NO5/c1-10(2,3)17-9(14)12-7-5-6-11(12,15)8(13)16-4/h15H,5-7H2,1-4H3/t11-/m1/s1. The van der Waals surface area contributed by atoms with Gasteiger partial charge in [-0.25, -0.2) is 9.59 Å². The van der Waals surface area contributed by atoms with E-state index in [1.165, 1.54) is 7.11 Å². The Kier molecular flexibility index (Phi) is 3.66. The van der Waals surface area contributed by atoms with E-state index in [4.69, 9.17) is 4.74 Å². The molecule has 1 saturated heterocycles. The third kappa shape index (κ3) is 2.88. The molecular formula is C11H19NO5. The van der Waals surface area contributed by atoms with E-state index in [9.17, 15) is 14.7 Å². The number of carbonyl (C=O) groups excluding carboxylic acids is 2. The number of likely N-dealkylation sites (tertiary alicyclic amines) is 1. The number of amides is 1. The van der Waals surface area contributed by atoms with E-state index < -0.39 is 23.4 Å². The molecule has 1 amide bonds. The summed E-state index contributed by atoms with van der Waals surface area (Å²) in [6, 6.07) is 0. The molecule has 0 aliphatic carbocycles. The monoisotopic (exact) mass is 245 g/mol. The van der Waals surface area contributed by atoms with Crippen LogP contribution in [0.15, 0.2) is 0 Å². The predicted molar refractivity (Wildman–Crippen MR) is 59.1 cm³/mol. The largest absolute Gasteiger partial charge is 0.465 e. The minimum atomic E-state index is -1.89. The number of esters is 1. The third-order valence-corrected chi connectivity index (χ3v) is 2.48. The van der Waals surface area contributed by atoms with Gasteiger partial charge in [0.1, 0.15) is 5.60 Å². The van der Waals surface area contributed by atoms with E-state index in [-0.39, 0.29) is 13.0 Å². The number of hydrogen-bond donors (Lipinski definition) is 1. The Morgan fingerprint density at radius 1 is 1.35 bits per heavy atom. The van der Waals surface area contributed by atoms with Gasteiger partial charge >= 0.3 is 12.1 Å². The van der Waals surface area contributed by atoms with Crippen LogP contribution in [0, 0.1) is 0 Å². The summed E-state index contributed by atoms with van der Waals surface area (Å²) in [4.78, 5) is 24.3. The van der Waals surface area contributed by atoms with Gasteiger partial charge in [0.15, 0.2) is 0 Å². The summed E-state index contributed by atoms with van der Waals surface area (Å²) in [5.41, 5.74) is -2.56. The first-order valence-electron chi connectivity index (χ1n) is 5.52. The molecule has 0 aromatic carbocycles. The summed E-state index contributed by atoms with van der Waals surface area (Å²) >= 11 is 0. The van der Waals surface area contributed by atoms with E-state index in [0.29, 0.717) is 6.42 Å². The lowest BCUT2D eigenvalue weighted by Gasteiger charge is -2.32. The van der Waals surface area contributed by atoms with Gasteiger partial charge in [-0.15, -0.1) is 0 Å². The Bertz CT molecular complexity index is 322. The van der Waals surface area contributed by atoms with Crippen LogP contribution in [0.4, 0.5) is 4.79 Å². The van der Waals surface area contributed by atoms with Crippen LogP contribution in [-0.2, 0) is 14.3 Å². The third-order valence-electron chi connectivity index (χ3n) is 2.48. The maximum Gasteiger partial charge on any atom is 0.413 e. The minimum absolute atomic E-state index is 0.166. The molecule has 17 heavy (non-hydrogen) atoms. The first kappa shape index (κ1) is 13.8. The van der Waals surface area contributed by atoms with Crippen LogP contribution in [0.2, 0.25) is 0 Å². The molecule has 0 bridgehead atoms. The number of carbonyl (C=O) groups is 2. The van der Waals surface area contributed by atoms with E-state index in [0.717, 1.165) is 4.90 Å². The molecule has 1 heterocycles. The highest BCUT2D eigenvalue weighted by molar-refractivity contribution is 5.84. The number of hydrogen-bond acceptors (Lipinski definition) is 5. The lowest BCUT2D eigenvalue weighted by Crippen LogP contribution is -2.54. The molecule has 6 nitrogen and oxygen atoms in total. The Morgan fingerprint density at radius 2 is 1.94 bits per heavy atom. The highest BCUT2D eigenvalue weighted by Gasteiger charge is 2.50. The summed E-state index contributed by atoms with van der Waals surface area (Å²) < 4.78 is 9.64. The van der Waals surface area contributed by atoms with Crippen molar-refractivity contribution in [2.45, 2.75) is 44.9 Å². The fraction of sp³-hybridized carbons (Fsp3) is 0.818. The molecule has 0 aromatic heterocycles. The molecular weight excluding hydrogens is 226 g/mol. The second kappa shape index (κ2) is 4.52. The zero-order chi connectivity index (χ0) is 13.3. The lowest BCUT2D eigenvalue weighted by molar-refractivity contribution is -0.178. The summed E-state index contributed by atoms with van der Waals surface area (Å²) in [5, 5.41) is 10.1. The summed E-state index contributed by atoms with van der Waals surface area (Å²) in [5.74, 6) is -0.833. The second-order valence-electron chi connectivity index (χ2n) is 5.04. The summed E-state index contributed by atoms with van der Waals surface area (Å²) in [6.07, 6.45) is -0.00747. The molecule has 1 rings (SSSR count). The van der Waals surface area contributed by atoms with E-state index in [2.05, 4.69) is 4.74 Å². The number of ether oxygens (including phenoxy) is 2. The van der Waals surface area contributed by atoms with Crippen molar-refractivity contribution in [3.8, 4) is 0 Å². The van der Waals surface area contributed by atoms with Crippen molar-refractivity contribution in [2.75, 3.05) is 13.7 Å². The van der Waals surface area contributed by atoms with E-state index in [1.807, 2.05) is 0 Å². The highest BCUT2D eigenvalue weighted by Crippen LogP contribution is 2.29. The first-order valence-corrected chi connectivity index (χ1v) is 5.52. The van der Waals surface area contributed by atoms with Gasteiger partial charge in [0.05, 0.1) is 7.11 Å². The first-order chi connectivity index (χ1) is 7.70. The molecule has 98 valence electrons. The van der Waals surface area contributed by atoms with Gasteiger partial charge in [-0.3, -0.25) is 4.90 Å². The van der Waals surface area contributed by atoms with Gasteiger partial charge < -0.3 is 14.6 Å². The zero-order valence-corrected chi connectivity index (χ0v) is 10.6. The quantitative estimate of drug-likeness (QED) is 0.694. The molecule has 0 spiro atoms. The lowest BCUT2D eigenvalue weighted by atomic mass is 10.1. The van der Waals surface area contributed by atoms with Gasteiger partial charge in [-0.2, -0.15) is 0 Å². The molecule has 1 aliphatic rings. The van der Waals surface area contributed by atoms with E-state index in [1.54, 1.807) is 20.8 Å². The molecule has 1 aliphatic heterocycles. The van der Waals surface area contributed by atoms with Crippen molar-refractivity contribution < 1.29 is 24.2 Å². The maximum atomic E-state index is 11.8. The van der Waals surface area contributed by atoms with Crippen LogP contribution in [0.1, 0.15) is 33.6 Å². The van der Waals surface area contributed by atoms with Crippen molar-refractivity contribution in [1.29, 1.82) is 0 Å². The van der Waals surface area contributed by atoms with Crippen molar-refractivity contribution in [1.82, 2.24) is 4.90 Å². The Labute approximate surface area is 100 Å². The Balaban J connectivity index is 2.83. The smallest absolute Gasteiger partial charge is 0.413 e. The van der Waals surface area contributed by atoms with Crippen molar-refractivity contribution in [3.05, 3.63) is 0 Å². The SMILES string of the molecule is COC(=O)[C@]1(O)CCCN1C(=O)OC(C)(C)C. The van der Waals surface area contributed by atoms with Gasteiger partial charge in [0.2, 0.25) is 5.72 Å². The molecule has 1 fully saturated rings. The minimum Gasteiger partial charge on any atom is -0.465 e. The zero-order valence-electron chi connectivity index (χ0n) is 10.6. The van der Waals surface area contributed by atoms with Crippen LogP contribution in [0.25, 0.3) is 0 Å². The van der Waals surface area contributed by atoms with Crippen LogP contribution in [-0.4, -0.2) is 47.0 Å². The average Bonchev–Trinajstić information content (AvgIpc) is 2.58. The molecule has 0 unspecified atom stereocenters. The predicted octanol–water partition coefficient (Wildman–Crippen LogP) is 0.879. The highest BCUT2D eigenvalue weighted by atomic mass is 16.6. The van der Waals surface area contributed by atoms with Crippen molar-refractivity contribution in [2.24, 2.45) is 0 Å². The number of aliphatic hydroxyl groups is 1. The number of methoxy groups -OCH3 is 1. The summed E-state index contributed by atoms with van der Waals surface area (Å²) in [7, 11) is 1.17. The van der Waals surface area contributed by atoms with Crippen molar-refractivity contribution >= 4 is 12.1 Å². The van der Waals surface area contributed by atoms with Gasteiger partial charge in [-0.05, 0) is 27.2 Å². The fourth-order valence-electron chi connectivity index (χ4n) is 1.74. The average molecular weight is 245 g/mol. The van der Waals surface area contributed by atoms with Crippen molar-refractivity contribution in [3.63, 3.8) is 0 Å². The molecule has 0 saturated carbocycles. The van der Waals surface area contributed by atoms with Crippen LogP contribution in [0.5, 0.6) is 0 Å². The maximum absolute atomic E-state index is 11.8. The van der Waals surface area contributed by atoms with E-state index >= 15 is 0 Å².